The highest BCUT2D eigenvalue weighted by molar-refractivity contribution is 5.97. The molecule has 0 atom stereocenters. The van der Waals surface area contributed by atoms with E-state index in [1.54, 1.807) is 18.5 Å². The van der Waals surface area contributed by atoms with Gasteiger partial charge in [-0.25, -0.2) is 4.98 Å². The second-order valence-electron chi connectivity index (χ2n) is 4.89. The summed E-state index contributed by atoms with van der Waals surface area (Å²) in [6, 6.07) is 5.40. The highest BCUT2D eigenvalue weighted by Gasteiger charge is 2.21. The van der Waals surface area contributed by atoms with E-state index in [1.807, 2.05) is 19.9 Å². The van der Waals surface area contributed by atoms with Crippen LogP contribution in [0.15, 0.2) is 24.5 Å². The lowest BCUT2D eigenvalue weighted by atomic mass is 9.94. The highest BCUT2D eigenvalue weighted by Crippen LogP contribution is 2.13. The number of hydrogen-bond donors (Lipinski definition) is 3. The summed E-state index contributed by atoms with van der Waals surface area (Å²) in [5, 5.41) is 2.90. The first kappa shape index (κ1) is 13.5. The van der Waals surface area contributed by atoms with Crippen LogP contribution < -0.4 is 11.1 Å². The molecule has 2 rings (SSSR count). The number of nitrogens with one attached hydrogen (secondary N) is 2. The van der Waals surface area contributed by atoms with Gasteiger partial charge < -0.3 is 16.0 Å². The number of imidazole rings is 1. The molecular weight excluding hydrogens is 240 g/mol. The highest BCUT2D eigenvalue weighted by atomic mass is 16.1. The van der Waals surface area contributed by atoms with Crippen molar-refractivity contribution in [2.75, 3.05) is 6.54 Å². The Labute approximate surface area is 112 Å². The number of benzene rings is 1. The van der Waals surface area contributed by atoms with Crippen molar-refractivity contribution in [2.24, 2.45) is 5.73 Å². The number of fused-ring (bicyclic) bond motifs is 1. The van der Waals surface area contributed by atoms with Crippen LogP contribution in [-0.2, 0) is 0 Å². The van der Waals surface area contributed by atoms with Crippen LogP contribution in [0.1, 0.15) is 37.0 Å². The predicted octanol–water partition coefficient (Wildman–Crippen LogP) is 1.81. The number of hydrogen-bond acceptors (Lipinski definition) is 3. The molecule has 0 saturated heterocycles. The van der Waals surface area contributed by atoms with Gasteiger partial charge in [0, 0.05) is 17.6 Å². The van der Waals surface area contributed by atoms with Crippen LogP contribution in [0, 0.1) is 0 Å². The smallest absolute Gasteiger partial charge is 0.251 e. The number of nitrogens with two attached hydrogens (primary N) is 1. The van der Waals surface area contributed by atoms with Gasteiger partial charge in [0.1, 0.15) is 0 Å². The Bertz CT molecular complexity index is 572. The second-order valence-corrected chi connectivity index (χ2v) is 4.89. The number of H-pyrrole nitrogens is 1. The molecule has 0 bridgehead atoms. The summed E-state index contributed by atoms with van der Waals surface area (Å²) in [4.78, 5) is 19.2. The fraction of sp³-hybridized carbons (Fsp3) is 0.429. The van der Waals surface area contributed by atoms with Crippen LogP contribution in [0.4, 0.5) is 0 Å². The lowest BCUT2D eigenvalue weighted by molar-refractivity contribution is 0.0942. The first-order valence-corrected chi connectivity index (χ1v) is 6.58. The van der Waals surface area contributed by atoms with Crippen molar-refractivity contribution in [3.8, 4) is 0 Å². The topological polar surface area (TPSA) is 83.8 Å². The normalized spacial score (nSPS) is 11.7. The van der Waals surface area contributed by atoms with E-state index in [1.165, 1.54) is 0 Å². The Balaban J connectivity index is 2.07. The van der Waals surface area contributed by atoms with Crippen molar-refractivity contribution in [3.63, 3.8) is 0 Å². The van der Waals surface area contributed by atoms with Gasteiger partial charge in [-0.15, -0.1) is 0 Å². The lowest BCUT2D eigenvalue weighted by Crippen LogP contribution is -2.49. The molecule has 1 heterocycles. The van der Waals surface area contributed by atoms with Crippen molar-refractivity contribution in [1.29, 1.82) is 0 Å². The summed E-state index contributed by atoms with van der Waals surface area (Å²) < 4.78 is 0. The zero-order valence-electron chi connectivity index (χ0n) is 11.4. The first-order chi connectivity index (χ1) is 9.08. The van der Waals surface area contributed by atoms with E-state index < -0.39 is 0 Å². The molecule has 0 spiro atoms. The summed E-state index contributed by atoms with van der Waals surface area (Å²) in [5.74, 6) is -0.103. The minimum absolute atomic E-state index is 0.103. The van der Waals surface area contributed by atoms with Crippen LogP contribution in [-0.4, -0.2) is 28.0 Å². The number of aromatic nitrogens is 2. The number of amides is 1. The number of rotatable bonds is 5. The molecule has 0 fully saturated rings. The van der Waals surface area contributed by atoms with Crippen LogP contribution in [0.2, 0.25) is 0 Å². The monoisotopic (exact) mass is 260 g/mol. The van der Waals surface area contributed by atoms with Crippen molar-refractivity contribution in [3.05, 3.63) is 30.1 Å². The predicted molar refractivity (Wildman–Crippen MR) is 75.9 cm³/mol. The summed E-state index contributed by atoms with van der Waals surface area (Å²) in [6.07, 6.45) is 3.29. The maximum atomic E-state index is 12.1. The minimum atomic E-state index is -0.326. The van der Waals surface area contributed by atoms with Gasteiger partial charge in [-0.05, 0) is 31.0 Å². The number of carbonyl (C=O) groups is 1. The van der Waals surface area contributed by atoms with Gasteiger partial charge in [-0.2, -0.15) is 0 Å². The molecule has 0 aliphatic heterocycles. The third-order valence-electron chi connectivity index (χ3n) is 3.69. The molecule has 1 amide bonds. The van der Waals surface area contributed by atoms with Gasteiger partial charge in [-0.1, -0.05) is 13.8 Å². The van der Waals surface area contributed by atoms with E-state index in [-0.39, 0.29) is 11.4 Å². The molecule has 0 aliphatic carbocycles. The van der Waals surface area contributed by atoms with E-state index in [0.717, 1.165) is 23.9 Å². The Kier molecular flexibility index (Phi) is 3.85. The maximum Gasteiger partial charge on any atom is 0.251 e. The Morgan fingerprint density at radius 2 is 2.16 bits per heavy atom. The molecular formula is C14H20N4O. The third-order valence-corrected chi connectivity index (χ3v) is 3.69. The Morgan fingerprint density at radius 1 is 1.42 bits per heavy atom. The van der Waals surface area contributed by atoms with E-state index >= 15 is 0 Å². The Hall–Kier alpha value is -1.88. The standard InChI is InChI=1S/C14H20N4O/c1-3-14(15,4-2)8-16-13(19)10-5-6-11-12(7-10)18-9-17-11/h5-7,9H,3-4,8,15H2,1-2H3,(H,16,19)(H,17,18). The molecule has 5 heteroatoms. The SMILES string of the molecule is CCC(N)(CC)CNC(=O)c1ccc2nc[nH]c2c1. The molecule has 102 valence electrons. The van der Waals surface area contributed by atoms with Crippen molar-refractivity contribution in [1.82, 2.24) is 15.3 Å². The molecule has 0 unspecified atom stereocenters. The van der Waals surface area contributed by atoms with Crippen LogP contribution in [0.5, 0.6) is 0 Å². The summed E-state index contributed by atoms with van der Waals surface area (Å²) in [5.41, 5.74) is 8.17. The maximum absolute atomic E-state index is 12.1. The summed E-state index contributed by atoms with van der Waals surface area (Å²) in [6.45, 7) is 4.55. The van der Waals surface area contributed by atoms with E-state index in [2.05, 4.69) is 15.3 Å². The fourth-order valence-corrected chi connectivity index (χ4v) is 1.94. The quantitative estimate of drug-likeness (QED) is 0.766. The second kappa shape index (κ2) is 5.40. The zero-order valence-corrected chi connectivity index (χ0v) is 11.4. The lowest BCUT2D eigenvalue weighted by Gasteiger charge is -2.26. The average molecular weight is 260 g/mol. The minimum Gasteiger partial charge on any atom is -0.350 e. The molecule has 0 aliphatic rings. The van der Waals surface area contributed by atoms with Crippen LogP contribution >= 0.6 is 0 Å². The van der Waals surface area contributed by atoms with Crippen LogP contribution in [0.3, 0.4) is 0 Å². The Morgan fingerprint density at radius 3 is 2.84 bits per heavy atom. The van der Waals surface area contributed by atoms with E-state index in [9.17, 15) is 4.79 Å². The van der Waals surface area contributed by atoms with Gasteiger partial charge in [0.05, 0.1) is 17.4 Å². The number of nitrogens with zero attached hydrogens (tertiary/aromatic N) is 1. The zero-order chi connectivity index (χ0) is 13.9. The van der Waals surface area contributed by atoms with E-state index in [4.69, 9.17) is 5.73 Å². The van der Waals surface area contributed by atoms with Gasteiger partial charge >= 0.3 is 0 Å². The van der Waals surface area contributed by atoms with Crippen molar-refractivity contribution >= 4 is 16.9 Å². The molecule has 1 aromatic heterocycles. The van der Waals surface area contributed by atoms with Gasteiger partial charge in [0.15, 0.2) is 0 Å². The van der Waals surface area contributed by atoms with Gasteiger partial charge in [0.25, 0.3) is 5.91 Å². The average Bonchev–Trinajstić information content (AvgIpc) is 2.91. The molecule has 0 saturated carbocycles. The molecule has 4 N–H and O–H groups in total. The molecule has 0 radical (unpaired) electrons. The van der Waals surface area contributed by atoms with Crippen LogP contribution in [0.25, 0.3) is 11.0 Å². The van der Waals surface area contributed by atoms with Crippen molar-refractivity contribution in [2.45, 2.75) is 32.2 Å². The number of aromatic amines is 1. The molecule has 5 nitrogen and oxygen atoms in total. The number of carbonyl (C=O) groups excluding carboxylic acids is 1. The molecule has 2 aromatic rings. The molecule has 19 heavy (non-hydrogen) atoms. The molecule has 1 aromatic carbocycles. The van der Waals surface area contributed by atoms with Crippen molar-refractivity contribution < 1.29 is 4.79 Å². The van der Waals surface area contributed by atoms with E-state index in [0.29, 0.717) is 12.1 Å². The largest absolute Gasteiger partial charge is 0.350 e. The van der Waals surface area contributed by atoms with Gasteiger partial charge in [-0.3, -0.25) is 4.79 Å². The van der Waals surface area contributed by atoms with Gasteiger partial charge in [0.2, 0.25) is 0 Å². The third kappa shape index (κ3) is 2.93. The summed E-state index contributed by atoms with van der Waals surface area (Å²) in [7, 11) is 0. The fourth-order valence-electron chi connectivity index (χ4n) is 1.94. The first-order valence-electron chi connectivity index (χ1n) is 6.58. The summed E-state index contributed by atoms with van der Waals surface area (Å²) >= 11 is 0.